The highest BCUT2D eigenvalue weighted by Crippen LogP contribution is 2.31. The van der Waals surface area contributed by atoms with Crippen molar-refractivity contribution in [3.63, 3.8) is 0 Å². The number of benzene rings is 1. The van der Waals surface area contributed by atoms with Crippen LogP contribution in [0.15, 0.2) is 12.1 Å². The van der Waals surface area contributed by atoms with E-state index in [1.165, 1.54) is 13.0 Å². The minimum Gasteiger partial charge on any atom is -0.388 e. The second-order valence-electron chi connectivity index (χ2n) is 6.17. The maximum Gasteiger partial charge on any atom is 0.254 e. The van der Waals surface area contributed by atoms with Gasteiger partial charge in [-0.25, -0.2) is 8.78 Å². The number of halogens is 2. The van der Waals surface area contributed by atoms with Gasteiger partial charge in [-0.05, 0) is 50.2 Å². The Kier molecular flexibility index (Phi) is 4.61. The summed E-state index contributed by atoms with van der Waals surface area (Å²) in [5.41, 5.74) is -0.901. The summed E-state index contributed by atoms with van der Waals surface area (Å²) in [6, 6.07) is 1.90. The summed E-state index contributed by atoms with van der Waals surface area (Å²) in [6.45, 7) is 3.70. The first kappa shape index (κ1) is 15.9. The molecule has 116 valence electrons. The summed E-state index contributed by atoms with van der Waals surface area (Å²) in [4.78, 5) is 12.0. The van der Waals surface area contributed by atoms with E-state index >= 15 is 0 Å². The Labute approximate surface area is 123 Å². The lowest BCUT2D eigenvalue weighted by Gasteiger charge is -2.34. The summed E-state index contributed by atoms with van der Waals surface area (Å²) in [7, 11) is 0. The lowest BCUT2D eigenvalue weighted by Crippen LogP contribution is -2.45. The number of amides is 1. The van der Waals surface area contributed by atoms with E-state index in [1.54, 1.807) is 0 Å². The van der Waals surface area contributed by atoms with Crippen molar-refractivity contribution < 1.29 is 18.7 Å². The lowest BCUT2D eigenvalue weighted by atomic mass is 9.79. The molecular formula is C16H21F2NO2. The largest absolute Gasteiger partial charge is 0.388 e. The van der Waals surface area contributed by atoms with Crippen LogP contribution in [0, 0.1) is 24.5 Å². The van der Waals surface area contributed by atoms with Gasteiger partial charge in [0.25, 0.3) is 5.91 Å². The minimum atomic E-state index is -0.923. The van der Waals surface area contributed by atoms with E-state index in [2.05, 4.69) is 12.2 Å². The van der Waals surface area contributed by atoms with E-state index in [9.17, 15) is 18.7 Å². The van der Waals surface area contributed by atoms with E-state index in [4.69, 9.17) is 0 Å². The maximum absolute atomic E-state index is 13.6. The molecule has 0 bridgehead atoms. The summed E-state index contributed by atoms with van der Waals surface area (Å²) in [5, 5.41) is 12.9. The third-order valence-electron chi connectivity index (χ3n) is 4.28. The number of aliphatic hydroxyl groups is 1. The Hall–Kier alpha value is -1.49. The van der Waals surface area contributed by atoms with Gasteiger partial charge < -0.3 is 10.4 Å². The molecule has 0 aromatic heterocycles. The zero-order valence-corrected chi connectivity index (χ0v) is 12.4. The van der Waals surface area contributed by atoms with Crippen LogP contribution in [-0.2, 0) is 0 Å². The van der Waals surface area contributed by atoms with Crippen LogP contribution < -0.4 is 5.32 Å². The molecule has 1 aliphatic carbocycles. The molecule has 1 aromatic rings. The van der Waals surface area contributed by atoms with Crippen LogP contribution in [0.1, 0.15) is 48.5 Å². The van der Waals surface area contributed by atoms with Crippen LogP contribution in [-0.4, -0.2) is 23.2 Å². The molecule has 5 heteroatoms. The van der Waals surface area contributed by atoms with Crippen molar-refractivity contribution in [2.75, 3.05) is 6.54 Å². The first-order valence-corrected chi connectivity index (χ1v) is 7.27. The van der Waals surface area contributed by atoms with Gasteiger partial charge >= 0.3 is 0 Å². The quantitative estimate of drug-likeness (QED) is 0.901. The molecule has 1 saturated carbocycles. The molecule has 2 rings (SSSR count). The zero-order valence-electron chi connectivity index (χ0n) is 12.4. The molecule has 0 unspecified atom stereocenters. The van der Waals surface area contributed by atoms with Crippen molar-refractivity contribution in [1.29, 1.82) is 0 Å². The van der Waals surface area contributed by atoms with Crippen LogP contribution in [0.2, 0.25) is 0 Å². The van der Waals surface area contributed by atoms with E-state index in [1.807, 2.05) is 0 Å². The van der Waals surface area contributed by atoms with E-state index in [0.29, 0.717) is 24.8 Å². The van der Waals surface area contributed by atoms with Gasteiger partial charge in [0.05, 0.1) is 11.2 Å². The van der Waals surface area contributed by atoms with Crippen LogP contribution >= 0.6 is 0 Å². The Morgan fingerprint density at radius 3 is 2.57 bits per heavy atom. The van der Waals surface area contributed by atoms with E-state index in [0.717, 1.165) is 12.8 Å². The van der Waals surface area contributed by atoms with Crippen molar-refractivity contribution in [3.8, 4) is 0 Å². The van der Waals surface area contributed by atoms with Crippen molar-refractivity contribution in [2.45, 2.75) is 45.1 Å². The fraction of sp³-hybridized carbons (Fsp3) is 0.562. The topological polar surface area (TPSA) is 49.3 Å². The smallest absolute Gasteiger partial charge is 0.254 e. The van der Waals surface area contributed by atoms with Gasteiger partial charge in [0.2, 0.25) is 0 Å². The van der Waals surface area contributed by atoms with Gasteiger partial charge in [0, 0.05) is 12.6 Å². The number of aryl methyl sites for hydroxylation is 1. The second-order valence-corrected chi connectivity index (χ2v) is 6.17. The molecule has 2 N–H and O–H groups in total. The molecule has 1 fully saturated rings. The minimum absolute atomic E-state index is 0.0917. The maximum atomic E-state index is 13.6. The summed E-state index contributed by atoms with van der Waals surface area (Å²) in [6.07, 6.45) is 3.07. The predicted molar refractivity (Wildman–Crippen MR) is 76.0 cm³/mol. The van der Waals surface area contributed by atoms with Crippen LogP contribution in [0.4, 0.5) is 8.78 Å². The number of nitrogens with one attached hydrogen (secondary N) is 1. The first-order chi connectivity index (χ1) is 9.81. The molecule has 1 amide bonds. The number of carbonyl (C=O) groups excluding carboxylic acids is 1. The normalized spacial score (nSPS) is 25.7. The Balaban J connectivity index is 2.00. The Bertz CT molecular complexity index is 537. The summed E-state index contributed by atoms with van der Waals surface area (Å²) < 4.78 is 26.8. The monoisotopic (exact) mass is 297 g/mol. The van der Waals surface area contributed by atoms with Gasteiger partial charge in [0.15, 0.2) is 0 Å². The van der Waals surface area contributed by atoms with Crippen LogP contribution in [0.25, 0.3) is 0 Å². The van der Waals surface area contributed by atoms with Crippen molar-refractivity contribution >= 4 is 5.91 Å². The third-order valence-corrected chi connectivity index (χ3v) is 4.28. The molecule has 21 heavy (non-hydrogen) atoms. The van der Waals surface area contributed by atoms with Crippen molar-refractivity contribution in [1.82, 2.24) is 5.32 Å². The number of hydrogen-bond acceptors (Lipinski definition) is 2. The highest BCUT2D eigenvalue weighted by Gasteiger charge is 2.32. The van der Waals surface area contributed by atoms with E-state index in [-0.39, 0.29) is 17.7 Å². The molecule has 1 aromatic carbocycles. The van der Waals surface area contributed by atoms with Crippen LogP contribution in [0.3, 0.4) is 0 Å². The van der Waals surface area contributed by atoms with Crippen LogP contribution in [0.5, 0.6) is 0 Å². The fourth-order valence-electron chi connectivity index (χ4n) is 2.65. The SMILES string of the molecule is Cc1cc(C(=O)NCC2(O)CCC(C)CC2)c(F)cc1F. The molecule has 0 atom stereocenters. The van der Waals surface area contributed by atoms with E-state index < -0.39 is 23.1 Å². The molecule has 1 aliphatic rings. The van der Waals surface area contributed by atoms with Gasteiger partial charge in [-0.2, -0.15) is 0 Å². The Morgan fingerprint density at radius 2 is 1.95 bits per heavy atom. The first-order valence-electron chi connectivity index (χ1n) is 7.27. The molecule has 0 aliphatic heterocycles. The molecule has 0 saturated heterocycles. The Morgan fingerprint density at radius 1 is 1.33 bits per heavy atom. The predicted octanol–water partition coefficient (Wildman–Crippen LogP) is 2.94. The van der Waals surface area contributed by atoms with Crippen molar-refractivity contribution in [2.24, 2.45) is 5.92 Å². The zero-order chi connectivity index (χ0) is 15.6. The number of hydrogen-bond donors (Lipinski definition) is 2. The third kappa shape index (κ3) is 3.79. The average molecular weight is 297 g/mol. The summed E-state index contributed by atoms with van der Waals surface area (Å²) in [5.74, 6) is -1.61. The van der Waals surface area contributed by atoms with Gasteiger partial charge in [0.1, 0.15) is 11.6 Å². The highest BCUT2D eigenvalue weighted by molar-refractivity contribution is 5.94. The van der Waals surface area contributed by atoms with Gasteiger partial charge in [-0.15, -0.1) is 0 Å². The van der Waals surface area contributed by atoms with Gasteiger partial charge in [-0.3, -0.25) is 4.79 Å². The highest BCUT2D eigenvalue weighted by atomic mass is 19.1. The molecular weight excluding hydrogens is 276 g/mol. The lowest BCUT2D eigenvalue weighted by molar-refractivity contribution is -0.00543. The number of carbonyl (C=O) groups is 1. The average Bonchev–Trinajstić information content (AvgIpc) is 2.44. The standard InChI is InChI=1S/C16H21F2NO2/c1-10-3-5-16(21,6-4-10)9-19-15(20)12-7-11(2)13(17)8-14(12)18/h7-8,10,21H,3-6,9H2,1-2H3,(H,19,20). The molecule has 3 nitrogen and oxygen atoms in total. The summed E-state index contributed by atoms with van der Waals surface area (Å²) >= 11 is 0. The molecule has 0 radical (unpaired) electrons. The van der Waals surface area contributed by atoms with Crippen molar-refractivity contribution in [3.05, 3.63) is 34.9 Å². The number of rotatable bonds is 3. The second kappa shape index (κ2) is 6.10. The van der Waals surface area contributed by atoms with Gasteiger partial charge in [-0.1, -0.05) is 6.92 Å². The fourth-order valence-corrected chi connectivity index (χ4v) is 2.65. The molecule has 0 spiro atoms. The molecule has 0 heterocycles.